The summed E-state index contributed by atoms with van der Waals surface area (Å²) in [4.78, 5) is 11.7. The van der Waals surface area contributed by atoms with Gasteiger partial charge in [0.1, 0.15) is 4.90 Å². The second kappa shape index (κ2) is 7.29. The number of carbonyl (C=O) groups excluding carboxylic acids is 1. The van der Waals surface area contributed by atoms with Gasteiger partial charge in [0.15, 0.2) is 0 Å². The van der Waals surface area contributed by atoms with Crippen LogP contribution in [0.25, 0.3) is 0 Å². The van der Waals surface area contributed by atoms with Crippen LogP contribution >= 0.6 is 22.3 Å². The van der Waals surface area contributed by atoms with Crippen molar-refractivity contribution in [2.75, 3.05) is 5.32 Å². The number of hydrogen-bond donors (Lipinski definition) is 1. The molecule has 1 unspecified atom stereocenters. The summed E-state index contributed by atoms with van der Waals surface area (Å²) < 4.78 is 22.4. The Kier molecular flexibility index (Phi) is 6.30. The Morgan fingerprint density at radius 3 is 2.55 bits per heavy atom. The van der Waals surface area contributed by atoms with Gasteiger partial charge in [-0.1, -0.05) is 38.3 Å². The van der Waals surface area contributed by atoms with Crippen LogP contribution in [0, 0.1) is 5.92 Å². The molecule has 1 aromatic carbocycles. The molecule has 0 fully saturated rings. The zero-order chi connectivity index (χ0) is 15.3. The maximum absolute atomic E-state index is 11.9. The van der Waals surface area contributed by atoms with Gasteiger partial charge in [-0.3, -0.25) is 4.79 Å². The molecule has 1 aromatic rings. The van der Waals surface area contributed by atoms with Crippen LogP contribution in [0.2, 0.25) is 5.02 Å². The fourth-order valence-corrected chi connectivity index (χ4v) is 3.21. The minimum atomic E-state index is -3.88. The van der Waals surface area contributed by atoms with Gasteiger partial charge in [-0.2, -0.15) is 0 Å². The van der Waals surface area contributed by atoms with Crippen LogP contribution in [-0.2, 0) is 13.8 Å². The van der Waals surface area contributed by atoms with Crippen molar-refractivity contribution in [2.24, 2.45) is 5.92 Å². The van der Waals surface area contributed by atoms with E-state index in [0.29, 0.717) is 5.69 Å². The zero-order valence-electron chi connectivity index (χ0n) is 11.3. The third-order valence-electron chi connectivity index (χ3n) is 2.90. The molecule has 0 radical (unpaired) electrons. The molecule has 0 spiro atoms. The lowest BCUT2D eigenvalue weighted by Crippen LogP contribution is -2.20. The molecule has 20 heavy (non-hydrogen) atoms. The lowest BCUT2D eigenvalue weighted by Gasteiger charge is -2.12. The number of unbranched alkanes of at least 4 members (excludes halogenated alkanes) is 1. The highest BCUT2D eigenvalue weighted by Crippen LogP contribution is 2.27. The van der Waals surface area contributed by atoms with E-state index in [4.69, 9.17) is 22.3 Å². The average molecular weight is 338 g/mol. The maximum Gasteiger partial charge on any atom is 0.262 e. The van der Waals surface area contributed by atoms with Gasteiger partial charge in [0, 0.05) is 22.3 Å². The minimum absolute atomic E-state index is 0.0148. The maximum atomic E-state index is 11.9. The number of hydrogen-bond acceptors (Lipinski definition) is 3. The third-order valence-corrected chi connectivity index (χ3v) is 4.71. The second-order valence-electron chi connectivity index (χ2n) is 4.62. The van der Waals surface area contributed by atoms with Crippen LogP contribution in [0.5, 0.6) is 0 Å². The first-order valence-electron chi connectivity index (χ1n) is 6.30. The predicted octanol–water partition coefficient (Wildman–Crippen LogP) is 4.03. The average Bonchev–Trinajstić information content (AvgIpc) is 2.34. The fraction of sp³-hybridized carbons (Fsp3) is 0.462. The highest BCUT2D eigenvalue weighted by molar-refractivity contribution is 8.13. The van der Waals surface area contributed by atoms with Crippen molar-refractivity contribution in [3.8, 4) is 0 Å². The molecule has 112 valence electrons. The van der Waals surface area contributed by atoms with E-state index >= 15 is 0 Å². The molecule has 7 heteroatoms. The smallest absolute Gasteiger partial charge is 0.262 e. The first-order chi connectivity index (χ1) is 9.25. The van der Waals surface area contributed by atoms with Crippen molar-refractivity contribution in [3.63, 3.8) is 0 Å². The lowest BCUT2D eigenvalue weighted by molar-refractivity contribution is -0.119. The Hall–Kier alpha value is -0.780. The van der Waals surface area contributed by atoms with Crippen LogP contribution in [0.1, 0.15) is 33.1 Å². The molecule has 1 atom stereocenters. The van der Waals surface area contributed by atoms with Crippen LogP contribution in [0.15, 0.2) is 23.1 Å². The summed E-state index contributed by atoms with van der Waals surface area (Å²) >= 11 is 5.85. The minimum Gasteiger partial charge on any atom is -0.326 e. The van der Waals surface area contributed by atoms with E-state index in [1.54, 1.807) is 0 Å². The van der Waals surface area contributed by atoms with Gasteiger partial charge < -0.3 is 5.32 Å². The van der Waals surface area contributed by atoms with Gasteiger partial charge in [-0.25, -0.2) is 8.42 Å². The molecule has 1 amide bonds. The third kappa shape index (κ3) is 4.96. The van der Waals surface area contributed by atoms with Gasteiger partial charge in [-0.15, -0.1) is 0 Å². The molecule has 1 rings (SSSR count). The summed E-state index contributed by atoms with van der Waals surface area (Å²) in [5.74, 6) is -0.221. The topological polar surface area (TPSA) is 63.2 Å². The number of nitrogens with one attached hydrogen (secondary N) is 1. The Bertz CT molecular complexity index is 587. The lowest BCUT2D eigenvalue weighted by atomic mass is 10.0. The Labute approximate surface area is 128 Å². The predicted molar refractivity (Wildman–Crippen MR) is 81.8 cm³/mol. The van der Waals surface area contributed by atoms with E-state index in [-0.39, 0.29) is 21.7 Å². The van der Waals surface area contributed by atoms with Crippen molar-refractivity contribution < 1.29 is 13.2 Å². The van der Waals surface area contributed by atoms with Crippen LogP contribution < -0.4 is 5.32 Å². The number of carbonyl (C=O) groups is 1. The summed E-state index contributed by atoms with van der Waals surface area (Å²) in [6.45, 7) is 3.92. The summed E-state index contributed by atoms with van der Waals surface area (Å²) in [6.07, 6.45) is 2.83. The van der Waals surface area contributed by atoms with E-state index in [1.165, 1.54) is 18.2 Å². The van der Waals surface area contributed by atoms with Gasteiger partial charge in [0.25, 0.3) is 9.05 Å². The molecular formula is C13H17Cl2NO3S. The first-order valence-corrected chi connectivity index (χ1v) is 8.99. The Morgan fingerprint density at radius 1 is 1.40 bits per heavy atom. The quantitative estimate of drug-likeness (QED) is 0.797. The SMILES string of the molecule is CCCCC(C)C(=O)Nc1ccc(S(=O)(=O)Cl)c(Cl)c1. The number of anilines is 1. The second-order valence-corrected chi connectivity index (χ2v) is 7.56. The van der Waals surface area contributed by atoms with E-state index in [1.807, 2.05) is 6.92 Å². The molecule has 0 aliphatic rings. The first kappa shape index (κ1) is 17.3. The van der Waals surface area contributed by atoms with E-state index in [9.17, 15) is 13.2 Å². The summed E-state index contributed by atoms with van der Waals surface area (Å²) in [5, 5.41) is 2.69. The summed E-state index contributed by atoms with van der Waals surface area (Å²) in [6, 6.07) is 4.11. The molecule has 0 aliphatic heterocycles. The summed E-state index contributed by atoms with van der Waals surface area (Å²) in [7, 11) is 1.35. The Balaban J connectivity index is 2.80. The van der Waals surface area contributed by atoms with Crippen LogP contribution in [0.3, 0.4) is 0 Å². The van der Waals surface area contributed by atoms with Gasteiger partial charge in [0.2, 0.25) is 5.91 Å². The number of amides is 1. The Morgan fingerprint density at radius 2 is 2.05 bits per heavy atom. The highest BCUT2D eigenvalue weighted by atomic mass is 35.7. The molecule has 0 saturated carbocycles. The van der Waals surface area contributed by atoms with Crippen molar-refractivity contribution in [3.05, 3.63) is 23.2 Å². The molecule has 0 heterocycles. The number of rotatable bonds is 6. The number of benzene rings is 1. The molecule has 0 bridgehead atoms. The van der Waals surface area contributed by atoms with Crippen molar-refractivity contribution in [2.45, 2.75) is 38.0 Å². The standard InChI is InChI=1S/C13H17Cl2NO3S/c1-3-4-5-9(2)13(17)16-10-6-7-12(11(14)8-10)20(15,18)19/h6-9H,3-5H2,1-2H3,(H,16,17). The molecular weight excluding hydrogens is 321 g/mol. The van der Waals surface area contributed by atoms with Gasteiger partial charge in [-0.05, 0) is 24.6 Å². The fourth-order valence-electron chi connectivity index (χ4n) is 1.68. The molecule has 1 N–H and O–H groups in total. The highest BCUT2D eigenvalue weighted by Gasteiger charge is 2.17. The monoisotopic (exact) mass is 337 g/mol. The molecule has 0 aliphatic carbocycles. The van der Waals surface area contributed by atoms with Crippen molar-refractivity contribution in [1.82, 2.24) is 0 Å². The number of halogens is 2. The largest absolute Gasteiger partial charge is 0.326 e. The van der Waals surface area contributed by atoms with E-state index in [2.05, 4.69) is 12.2 Å². The van der Waals surface area contributed by atoms with Gasteiger partial charge >= 0.3 is 0 Å². The van der Waals surface area contributed by atoms with Crippen molar-refractivity contribution >= 4 is 42.9 Å². The molecule has 0 saturated heterocycles. The van der Waals surface area contributed by atoms with Gasteiger partial charge in [0.05, 0.1) is 5.02 Å². The van der Waals surface area contributed by atoms with Crippen LogP contribution in [-0.4, -0.2) is 14.3 Å². The molecule has 0 aromatic heterocycles. The normalized spacial score (nSPS) is 13.0. The zero-order valence-corrected chi connectivity index (χ0v) is 13.6. The molecule has 4 nitrogen and oxygen atoms in total. The van der Waals surface area contributed by atoms with Crippen LogP contribution in [0.4, 0.5) is 5.69 Å². The van der Waals surface area contributed by atoms with Crippen molar-refractivity contribution in [1.29, 1.82) is 0 Å². The van der Waals surface area contributed by atoms with E-state index < -0.39 is 9.05 Å². The summed E-state index contributed by atoms with van der Waals surface area (Å²) in [5.41, 5.74) is 0.451. The van der Waals surface area contributed by atoms with E-state index in [0.717, 1.165) is 19.3 Å².